The van der Waals surface area contributed by atoms with Gasteiger partial charge in [-0.25, -0.2) is 4.79 Å². The number of alkyl halides is 1. The van der Waals surface area contributed by atoms with E-state index in [9.17, 15) is 9.90 Å². The lowest BCUT2D eigenvalue weighted by atomic mass is 10.0. The normalized spacial score (nSPS) is 13.8. The van der Waals surface area contributed by atoms with E-state index in [0.717, 1.165) is 6.08 Å². The molecule has 0 fully saturated rings. The minimum Gasteiger partial charge on any atom is -0.476 e. The van der Waals surface area contributed by atoms with Crippen LogP contribution in [0.3, 0.4) is 0 Å². The lowest BCUT2D eigenvalue weighted by Gasteiger charge is -2.20. The van der Waals surface area contributed by atoms with E-state index in [0.29, 0.717) is 37.6 Å². The summed E-state index contributed by atoms with van der Waals surface area (Å²) in [5, 5.41) is 15.9. The number of aliphatic imine (C=N–C) groups is 1. The number of hydrogen-bond donors (Lipinski definition) is 1. The van der Waals surface area contributed by atoms with Gasteiger partial charge in [0.1, 0.15) is 0 Å². The van der Waals surface area contributed by atoms with E-state index in [1.165, 1.54) is 5.01 Å². The Morgan fingerprint density at radius 3 is 2.42 bits per heavy atom. The summed E-state index contributed by atoms with van der Waals surface area (Å²) < 4.78 is 0. The number of hydrogen-bond acceptors (Lipinski definition) is 4. The van der Waals surface area contributed by atoms with Gasteiger partial charge < -0.3 is 5.11 Å². The maximum absolute atomic E-state index is 11.4. The molecule has 1 rings (SSSR count). The molecule has 1 aromatic carbocycles. The molecule has 164 valence electrons. The lowest BCUT2D eigenvalue weighted by molar-refractivity contribution is -0.129. The second-order valence-electron chi connectivity index (χ2n) is 5.80. The van der Waals surface area contributed by atoms with E-state index in [4.69, 9.17) is 46.4 Å². The maximum atomic E-state index is 11.4. The molecule has 5 nitrogen and oxygen atoms in total. The molecule has 0 spiro atoms. The molecule has 0 unspecified atom stereocenters. The molecule has 1 N–H and O–H groups in total. The Kier molecular flexibility index (Phi) is 11.4. The summed E-state index contributed by atoms with van der Waals surface area (Å²) in [6.07, 6.45) is 7.67. The van der Waals surface area contributed by atoms with E-state index < -0.39 is 5.97 Å². The van der Waals surface area contributed by atoms with E-state index in [1.807, 2.05) is 0 Å². The number of allylic oxidation sites excluding steroid dienone is 6. The highest BCUT2D eigenvalue weighted by molar-refractivity contribution is 6.40. The van der Waals surface area contributed by atoms with Gasteiger partial charge in [-0.05, 0) is 30.4 Å². The first-order valence-corrected chi connectivity index (χ1v) is 10.4. The van der Waals surface area contributed by atoms with Crippen LogP contribution in [0.5, 0.6) is 0 Å². The largest absolute Gasteiger partial charge is 0.476 e. The van der Waals surface area contributed by atoms with Crippen molar-refractivity contribution in [2.75, 3.05) is 20.0 Å². The van der Waals surface area contributed by atoms with E-state index in [1.54, 1.807) is 56.6 Å². The van der Waals surface area contributed by atoms with Crippen LogP contribution in [-0.2, 0) is 4.79 Å². The first kappa shape index (κ1) is 26.7. The average Bonchev–Trinajstić information content (AvgIpc) is 2.72. The predicted octanol–water partition coefficient (Wildman–Crippen LogP) is 6.44. The zero-order valence-corrected chi connectivity index (χ0v) is 20.0. The maximum Gasteiger partial charge on any atom is 0.356 e. The number of carbonyl (C=O) groups is 1. The standard InChI is InChI=1S/C22H21Cl4N3O2/c1-5-7-15(17(25)10-11-23)20(27-3)13-21(16-9-8-14(24)12-18(16)26)29(4)28-19(6-2)22(30)31/h5-10,12-13H,1-2,11H2,3-4H3,(H,30,31)/b15-7+,17-10+,21-13-,27-20?,28-19+. The molecule has 0 aliphatic carbocycles. The molecular weight excluding hydrogens is 480 g/mol. The zero-order valence-electron chi connectivity index (χ0n) is 16.9. The summed E-state index contributed by atoms with van der Waals surface area (Å²) >= 11 is 24.6. The van der Waals surface area contributed by atoms with Gasteiger partial charge in [0.15, 0.2) is 5.71 Å². The second kappa shape index (κ2) is 13.2. The van der Waals surface area contributed by atoms with Crippen LogP contribution < -0.4 is 0 Å². The SMILES string of the molecule is C=C/C=C(C(/C=C(/c1ccc(Cl)cc1Cl)N(C)/N=C(\C=C)C(=O)O)=NC)\C(Cl)=C/CCl. The van der Waals surface area contributed by atoms with Gasteiger partial charge in [0.25, 0.3) is 0 Å². The van der Waals surface area contributed by atoms with Crippen LogP contribution in [0, 0.1) is 0 Å². The summed E-state index contributed by atoms with van der Waals surface area (Å²) in [4.78, 5) is 15.7. The number of carboxylic acids is 1. The first-order valence-electron chi connectivity index (χ1n) is 8.77. The molecule has 31 heavy (non-hydrogen) atoms. The molecule has 0 aromatic heterocycles. The third-order valence-corrected chi connectivity index (χ3v) is 4.87. The molecule has 0 atom stereocenters. The molecule has 0 saturated carbocycles. The Labute approximate surface area is 202 Å². The number of halogens is 4. The molecule has 0 aliphatic heterocycles. The molecule has 0 aliphatic rings. The van der Waals surface area contributed by atoms with Crippen molar-refractivity contribution in [3.8, 4) is 0 Å². The average molecular weight is 501 g/mol. The molecule has 1 aromatic rings. The predicted molar refractivity (Wildman–Crippen MR) is 134 cm³/mol. The lowest BCUT2D eigenvalue weighted by Crippen LogP contribution is -2.19. The fraction of sp³-hybridized carbons (Fsp3) is 0.136. The fourth-order valence-electron chi connectivity index (χ4n) is 2.40. The second-order valence-corrected chi connectivity index (χ2v) is 7.36. The van der Waals surface area contributed by atoms with Gasteiger partial charge in [-0.2, -0.15) is 5.10 Å². The Balaban J connectivity index is 3.79. The van der Waals surface area contributed by atoms with Crippen LogP contribution >= 0.6 is 46.4 Å². The Hall–Kier alpha value is -2.31. The van der Waals surface area contributed by atoms with Crippen LogP contribution in [0.4, 0.5) is 0 Å². The van der Waals surface area contributed by atoms with Crippen LogP contribution in [0.1, 0.15) is 5.56 Å². The van der Waals surface area contributed by atoms with Gasteiger partial charge in [-0.1, -0.05) is 66.2 Å². The number of carboxylic acid groups (broad SMARTS) is 1. The minimum atomic E-state index is -1.23. The van der Waals surface area contributed by atoms with Crippen molar-refractivity contribution >= 4 is 69.5 Å². The Bertz CT molecular complexity index is 1010. The van der Waals surface area contributed by atoms with Crippen molar-refractivity contribution < 1.29 is 9.90 Å². The van der Waals surface area contributed by atoms with Crippen molar-refractivity contribution in [1.29, 1.82) is 0 Å². The topological polar surface area (TPSA) is 65.3 Å². The highest BCUT2D eigenvalue weighted by atomic mass is 35.5. The smallest absolute Gasteiger partial charge is 0.356 e. The van der Waals surface area contributed by atoms with Crippen molar-refractivity contribution in [1.82, 2.24) is 5.01 Å². The summed E-state index contributed by atoms with van der Waals surface area (Å²) in [5.74, 6) is -1.02. The number of hydrazone groups is 1. The van der Waals surface area contributed by atoms with Crippen LogP contribution in [-0.4, -0.2) is 47.5 Å². The molecule has 0 bridgehead atoms. The van der Waals surface area contributed by atoms with Crippen molar-refractivity contribution in [3.63, 3.8) is 0 Å². The summed E-state index contributed by atoms with van der Waals surface area (Å²) in [5.41, 5.74) is 1.75. The van der Waals surface area contributed by atoms with Gasteiger partial charge in [-0.3, -0.25) is 10.0 Å². The molecule has 0 amide bonds. The van der Waals surface area contributed by atoms with Gasteiger partial charge in [-0.15, -0.1) is 11.6 Å². The zero-order chi connectivity index (χ0) is 23.6. The van der Waals surface area contributed by atoms with Gasteiger partial charge in [0.05, 0.1) is 16.4 Å². The highest BCUT2D eigenvalue weighted by Gasteiger charge is 2.17. The van der Waals surface area contributed by atoms with Crippen molar-refractivity contribution in [2.24, 2.45) is 10.1 Å². The number of benzene rings is 1. The third-order valence-electron chi connectivity index (χ3n) is 3.81. The van der Waals surface area contributed by atoms with Crippen LogP contribution in [0.25, 0.3) is 5.70 Å². The number of rotatable bonds is 10. The van der Waals surface area contributed by atoms with Crippen molar-refractivity contribution in [3.05, 3.63) is 88.0 Å². The summed E-state index contributed by atoms with van der Waals surface area (Å²) in [6.45, 7) is 7.20. The monoisotopic (exact) mass is 499 g/mol. The highest BCUT2D eigenvalue weighted by Crippen LogP contribution is 2.30. The Morgan fingerprint density at radius 2 is 1.94 bits per heavy atom. The molecule has 9 heteroatoms. The van der Waals surface area contributed by atoms with E-state index >= 15 is 0 Å². The first-order chi connectivity index (χ1) is 14.7. The fourth-order valence-corrected chi connectivity index (χ4v) is 3.38. The molecule has 0 radical (unpaired) electrons. The van der Waals surface area contributed by atoms with Crippen LogP contribution in [0.2, 0.25) is 10.0 Å². The van der Waals surface area contributed by atoms with E-state index in [2.05, 4.69) is 23.3 Å². The third kappa shape index (κ3) is 7.71. The van der Waals surface area contributed by atoms with Gasteiger partial charge in [0, 0.05) is 41.2 Å². The van der Waals surface area contributed by atoms with Crippen LogP contribution in [0.15, 0.2) is 82.4 Å². The van der Waals surface area contributed by atoms with E-state index in [-0.39, 0.29) is 11.6 Å². The number of aliphatic carboxylic acids is 1. The molecule has 0 heterocycles. The molecule has 0 saturated heterocycles. The number of nitrogens with zero attached hydrogens (tertiary/aromatic N) is 3. The quantitative estimate of drug-likeness (QED) is 0.174. The summed E-state index contributed by atoms with van der Waals surface area (Å²) in [6, 6.07) is 4.92. The van der Waals surface area contributed by atoms with Gasteiger partial charge >= 0.3 is 5.97 Å². The van der Waals surface area contributed by atoms with Gasteiger partial charge in [0.2, 0.25) is 0 Å². The Morgan fingerprint density at radius 1 is 1.26 bits per heavy atom. The minimum absolute atomic E-state index is 0.204. The molecular formula is C22H21Cl4N3O2. The van der Waals surface area contributed by atoms with Crippen molar-refractivity contribution in [2.45, 2.75) is 0 Å². The summed E-state index contributed by atoms with van der Waals surface area (Å²) in [7, 11) is 3.16.